The highest BCUT2D eigenvalue weighted by atomic mass is 127. The molecule has 0 radical (unpaired) electrons. The van der Waals surface area contributed by atoms with Crippen molar-refractivity contribution in [1.29, 1.82) is 0 Å². The number of ether oxygens (including phenoxy) is 1. The standard InChI is InChI=1S/C21H22N4O3.HI/c1-27-19-10-3-2-9-18(19)25-21(22)24-13-15-6-4-7-16(12-15)20(26)23-14-17-8-5-11-28-17;/h2-12H,13-14H2,1H3,(H,23,26)(H3,22,24,25);1H. The molecule has 0 saturated heterocycles. The van der Waals surface area contributed by atoms with Crippen LogP contribution in [0.4, 0.5) is 5.69 Å². The minimum atomic E-state index is -0.178. The number of carbonyl (C=O) groups excluding carboxylic acids is 1. The molecule has 0 atom stereocenters. The molecule has 1 aromatic heterocycles. The lowest BCUT2D eigenvalue weighted by molar-refractivity contribution is 0.0948. The molecule has 0 bridgehead atoms. The largest absolute Gasteiger partial charge is 0.495 e. The number of rotatable bonds is 7. The molecule has 2 aromatic carbocycles. The van der Waals surface area contributed by atoms with Gasteiger partial charge in [0.15, 0.2) is 5.96 Å². The van der Waals surface area contributed by atoms with Gasteiger partial charge >= 0.3 is 0 Å². The zero-order chi connectivity index (χ0) is 19.8. The Labute approximate surface area is 186 Å². The number of methoxy groups -OCH3 is 1. The van der Waals surface area contributed by atoms with Crippen molar-refractivity contribution in [1.82, 2.24) is 5.32 Å². The van der Waals surface area contributed by atoms with Crippen LogP contribution in [0.3, 0.4) is 0 Å². The number of hydrogen-bond donors (Lipinski definition) is 3. The number of nitrogens with one attached hydrogen (secondary N) is 2. The fourth-order valence-corrected chi connectivity index (χ4v) is 2.60. The van der Waals surface area contributed by atoms with Crippen molar-refractivity contribution in [3.05, 3.63) is 83.8 Å². The second-order valence-electron chi connectivity index (χ2n) is 5.99. The highest BCUT2D eigenvalue weighted by Crippen LogP contribution is 2.22. The van der Waals surface area contributed by atoms with E-state index in [1.165, 1.54) is 0 Å². The lowest BCUT2D eigenvalue weighted by atomic mass is 10.1. The molecular weight excluding hydrogens is 483 g/mol. The summed E-state index contributed by atoms with van der Waals surface area (Å²) in [5.74, 6) is 1.46. The first-order chi connectivity index (χ1) is 13.7. The van der Waals surface area contributed by atoms with Crippen LogP contribution in [0.15, 0.2) is 76.3 Å². The van der Waals surface area contributed by atoms with Gasteiger partial charge in [-0.15, -0.1) is 24.0 Å². The molecule has 1 amide bonds. The van der Waals surface area contributed by atoms with Gasteiger partial charge in [0.2, 0.25) is 0 Å². The minimum Gasteiger partial charge on any atom is -0.495 e. The number of furan rings is 1. The normalized spacial score (nSPS) is 10.7. The molecule has 8 heteroatoms. The maximum Gasteiger partial charge on any atom is 0.251 e. The predicted octanol–water partition coefficient (Wildman–Crippen LogP) is 3.76. The van der Waals surface area contributed by atoms with Gasteiger partial charge < -0.3 is 25.5 Å². The van der Waals surface area contributed by atoms with Crippen LogP contribution in [-0.4, -0.2) is 19.0 Å². The first-order valence-electron chi connectivity index (χ1n) is 8.75. The molecule has 4 N–H and O–H groups in total. The highest BCUT2D eigenvalue weighted by molar-refractivity contribution is 14.0. The van der Waals surface area contributed by atoms with E-state index in [9.17, 15) is 4.79 Å². The van der Waals surface area contributed by atoms with Crippen molar-refractivity contribution in [3.8, 4) is 5.75 Å². The van der Waals surface area contributed by atoms with Gasteiger partial charge in [0, 0.05) is 5.56 Å². The van der Waals surface area contributed by atoms with Crippen LogP contribution >= 0.6 is 24.0 Å². The van der Waals surface area contributed by atoms with Gasteiger partial charge in [-0.3, -0.25) is 4.79 Å². The number of benzene rings is 2. The van der Waals surface area contributed by atoms with E-state index < -0.39 is 0 Å². The Bertz CT molecular complexity index is 958. The number of guanidine groups is 1. The van der Waals surface area contributed by atoms with Gasteiger partial charge in [0.25, 0.3) is 5.91 Å². The molecule has 0 spiro atoms. The number of carbonyl (C=O) groups is 1. The van der Waals surface area contributed by atoms with Gasteiger partial charge in [-0.1, -0.05) is 24.3 Å². The van der Waals surface area contributed by atoms with Gasteiger partial charge in [0.05, 0.1) is 32.1 Å². The molecule has 1 heterocycles. The molecule has 3 rings (SSSR count). The Balaban J connectivity index is 0.00000300. The third-order valence-corrected chi connectivity index (χ3v) is 3.99. The van der Waals surface area contributed by atoms with E-state index in [0.29, 0.717) is 30.2 Å². The maximum atomic E-state index is 12.3. The molecule has 152 valence electrons. The maximum absolute atomic E-state index is 12.3. The number of para-hydroxylation sites is 2. The fraction of sp³-hybridized carbons (Fsp3) is 0.143. The summed E-state index contributed by atoms with van der Waals surface area (Å²) in [7, 11) is 1.59. The van der Waals surface area contributed by atoms with Crippen molar-refractivity contribution in [2.24, 2.45) is 10.7 Å². The van der Waals surface area contributed by atoms with Crippen LogP contribution in [0.2, 0.25) is 0 Å². The molecule has 0 aliphatic heterocycles. The Hall–Kier alpha value is -3.01. The minimum absolute atomic E-state index is 0. The topological polar surface area (TPSA) is 102 Å². The Kier molecular flexibility index (Phi) is 8.53. The van der Waals surface area contributed by atoms with Crippen LogP contribution in [0, 0.1) is 0 Å². The number of aliphatic imine (C=N–C) groups is 1. The summed E-state index contributed by atoms with van der Waals surface area (Å²) in [6.07, 6.45) is 1.57. The first-order valence-corrected chi connectivity index (χ1v) is 8.75. The summed E-state index contributed by atoms with van der Waals surface area (Å²) >= 11 is 0. The molecule has 7 nitrogen and oxygen atoms in total. The summed E-state index contributed by atoms with van der Waals surface area (Å²) in [6.45, 7) is 0.678. The van der Waals surface area contributed by atoms with E-state index in [4.69, 9.17) is 14.9 Å². The Morgan fingerprint density at radius 2 is 1.97 bits per heavy atom. The van der Waals surface area contributed by atoms with Gasteiger partial charge in [0.1, 0.15) is 11.5 Å². The van der Waals surface area contributed by atoms with Crippen molar-refractivity contribution in [2.45, 2.75) is 13.1 Å². The first kappa shape index (κ1) is 22.3. The van der Waals surface area contributed by atoms with Gasteiger partial charge in [-0.2, -0.15) is 0 Å². The van der Waals surface area contributed by atoms with E-state index in [1.54, 1.807) is 31.6 Å². The molecule has 0 unspecified atom stereocenters. The number of halogens is 1. The van der Waals surface area contributed by atoms with Gasteiger partial charge in [-0.25, -0.2) is 4.99 Å². The fourth-order valence-electron chi connectivity index (χ4n) is 2.60. The molecule has 0 aliphatic carbocycles. The molecule has 3 aromatic rings. The number of amides is 1. The molecular formula is C21H23IN4O3. The van der Waals surface area contributed by atoms with Crippen molar-refractivity contribution >= 4 is 41.5 Å². The van der Waals surface area contributed by atoms with E-state index in [2.05, 4.69) is 15.6 Å². The van der Waals surface area contributed by atoms with Crippen LogP contribution < -0.4 is 21.1 Å². The van der Waals surface area contributed by atoms with E-state index in [-0.39, 0.29) is 35.8 Å². The highest BCUT2D eigenvalue weighted by Gasteiger charge is 2.07. The number of nitrogens with two attached hydrogens (primary N) is 1. The lowest BCUT2D eigenvalue weighted by Gasteiger charge is -2.10. The average Bonchev–Trinajstić information content (AvgIpc) is 3.25. The van der Waals surface area contributed by atoms with Crippen molar-refractivity contribution in [3.63, 3.8) is 0 Å². The van der Waals surface area contributed by atoms with Crippen molar-refractivity contribution in [2.75, 3.05) is 12.4 Å². The second kappa shape index (κ2) is 11.1. The lowest BCUT2D eigenvalue weighted by Crippen LogP contribution is -2.23. The van der Waals surface area contributed by atoms with E-state index in [0.717, 1.165) is 11.3 Å². The van der Waals surface area contributed by atoms with Crippen molar-refractivity contribution < 1.29 is 13.9 Å². The van der Waals surface area contributed by atoms with Gasteiger partial charge in [-0.05, 0) is 42.0 Å². The Morgan fingerprint density at radius 1 is 1.14 bits per heavy atom. The summed E-state index contributed by atoms with van der Waals surface area (Å²) in [5.41, 5.74) is 8.13. The summed E-state index contributed by atoms with van der Waals surface area (Å²) in [4.78, 5) is 16.6. The monoisotopic (exact) mass is 506 g/mol. The van der Waals surface area contributed by atoms with E-state index in [1.807, 2.05) is 42.5 Å². The molecule has 0 aliphatic rings. The smallest absolute Gasteiger partial charge is 0.251 e. The molecule has 0 saturated carbocycles. The third kappa shape index (κ3) is 6.53. The number of nitrogens with zero attached hydrogens (tertiary/aromatic N) is 1. The SMILES string of the molecule is COc1ccccc1NC(N)=NCc1cccc(C(=O)NCc2ccco2)c1.I. The average molecular weight is 506 g/mol. The summed E-state index contributed by atoms with van der Waals surface area (Å²) in [6, 6.07) is 18.3. The second-order valence-corrected chi connectivity index (χ2v) is 5.99. The number of hydrogen-bond acceptors (Lipinski definition) is 4. The van der Waals surface area contributed by atoms with Crippen LogP contribution in [0.25, 0.3) is 0 Å². The zero-order valence-electron chi connectivity index (χ0n) is 15.9. The summed E-state index contributed by atoms with van der Waals surface area (Å²) in [5, 5.41) is 5.84. The Morgan fingerprint density at radius 3 is 2.72 bits per heavy atom. The van der Waals surface area contributed by atoms with Crippen LogP contribution in [0.5, 0.6) is 5.75 Å². The predicted molar refractivity (Wildman–Crippen MR) is 124 cm³/mol. The third-order valence-electron chi connectivity index (χ3n) is 3.99. The number of anilines is 1. The molecule has 0 fully saturated rings. The quantitative estimate of drug-likeness (QED) is 0.257. The zero-order valence-corrected chi connectivity index (χ0v) is 18.3. The molecule has 29 heavy (non-hydrogen) atoms. The van der Waals surface area contributed by atoms with Crippen LogP contribution in [0.1, 0.15) is 21.7 Å². The van der Waals surface area contributed by atoms with E-state index >= 15 is 0 Å². The summed E-state index contributed by atoms with van der Waals surface area (Å²) < 4.78 is 10.5. The van der Waals surface area contributed by atoms with Crippen LogP contribution in [-0.2, 0) is 13.1 Å².